The monoisotopic (exact) mass is 248 g/mol. The standard InChI is InChI=1S/C15H24N2O/c1-5-15(2,3)14(18)13(17-16-4)11-12-9-7-6-8-10-12/h6-10,13,16-17H,5,11H2,1-4H3. The number of benzene rings is 1. The predicted octanol–water partition coefficient (Wildman–Crippen LogP) is 2.33. The Kier molecular flexibility index (Phi) is 5.51. The lowest BCUT2D eigenvalue weighted by atomic mass is 9.80. The molecule has 0 aliphatic rings. The van der Waals surface area contributed by atoms with Gasteiger partial charge in [-0.1, -0.05) is 51.1 Å². The first-order chi connectivity index (χ1) is 8.51. The summed E-state index contributed by atoms with van der Waals surface area (Å²) in [6, 6.07) is 9.91. The number of carbonyl (C=O) groups excluding carboxylic acids is 1. The zero-order chi connectivity index (χ0) is 13.6. The van der Waals surface area contributed by atoms with Crippen LogP contribution in [0, 0.1) is 5.41 Å². The molecular formula is C15H24N2O. The molecule has 0 spiro atoms. The molecule has 0 aromatic heterocycles. The van der Waals surface area contributed by atoms with Crippen molar-refractivity contribution in [2.75, 3.05) is 7.05 Å². The lowest BCUT2D eigenvalue weighted by molar-refractivity contribution is -0.129. The second kappa shape index (κ2) is 6.66. The van der Waals surface area contributed by atoms with Gasteiger partial charge in [0.25, 0.3) is 0 Å². The van der Waals surface area contributed by atoms with E-state index < -0.39 is 0 Å². The summed E-state index contributed by atoms with van der Waals surface area (Å²) >= 11 is 0. The van der Waals surface area contributed by atoms with E-state index in [1.165, 1.54) is 5.56 Å². The maximum absolute atomic E-state index is 12.5. The van der Waals surface area contributed by atoms with Crippen LogP contribution in [0.5, 0.6) is 0 Å². The molecule has 0 aliphatic carbocycles. The van der Waals surface area contributed by atoms with E-state index in [4.69, 9.17) is 0 Å². The second-order valence-corrected chi connectivity index (χ2v) is 5.24. The third kappa shape index (κ3) is 3.93. The van der Waals surface area contributed by atoms with Crippen molar-refractivity contribution < 1.29 is 4.79 Å². The number of ketones is 1. The lowest BCUT2D eigenvalue weighted by Gasteiger charge is -2.27. The Morgan fingerprint density at radius 1 is 1.28 bits per heavy atom. The molecule has 3 nitrogen and oxygen atoms in total. The quantitative estimate of drug-likeness (QED) is 0.728. The second-order valence-electron chi connectivity index (χ2n) is 5.24. The molecule has 0 saturated heterocycles. The average molecular weight is 248 g/mol. The van der Waals surface area contributed by atoms with Crippen molar-refractivity contribution in [2.45, 2.75) is 39.7 Å². The first-order valence-corrected chi connectivity index (χ1v) is 6.51. The molecule has 1 atom stereocenters. The van der Waals surface area contributed by atoms with Gasteiger partial charge in [0.15, 0.2) is 5.78 Å². The Morgan fingerprint density at radius 2 is 1.89 bits per heavy atom. The number of nitrogens with one attached hydrogen (secondary N) is 2. The van der Waals surface area contributed by atoms with E-state index in [1.54, 1.807) is 7.05 Å². The Bertz CT molecular complexity index is 373. The van der Waals surface area contributed by atoms with Gasteiger partial charge in [-0.15, -0.1) is 0 Å². The SMILES string of the molecule is CCC(C)(C)C(=O)C(Cc1ccccc1)NNC. The van der Waals surface area contributed by atoms with Crippen LogP contribution in [0.2, 0.25) is 0 Å². The van der Waals surface area contributed by atoms with Gasteiger partial charge in [0.05, 0.1) is 6.04 Å². The lowest BCUT2D eigenvalue weighted by Crippen LogP contribution is -2.49. The summed E-state index contributed by atoms with van der Waals surface area (Å²) < 4.78 is 0. The van der Waals surface area contributed by atoms with Gasteiger partial charge in [0.1, 0.15) is 0 Å². The fraction of sp³-hybridized carbons (Fsp3) is 0.533. The van der Waals surface area contributed by atoms with Gasteiger partial charge in [-0.3, -0.25) is 10.2 Å². The first kappa shape index (κ1) is 14.9. The topological polar surface area (TPSA) is 41.1 Å². The van der Waals surface area contributed by atoms with Crippen LogP contribution in [0.1, 0.15) is 32.8 Å². The zero-order valence-corrected chi connectivity index (χ0v) is 11.8. The van der Waals surface area contributed by atoms with Gasteiger partial charge in [-0.05, 0) is 25.5 Å². The third-order valence-corrected chi connectivity index (χ3v) is 3.47. The summed E-state index contributed by atoms with van der Waals surface area (Å²) in [6.07, 6.45) is 1.56. The summed E-state index contributed by atoms with van der Waals surface area (Å²) in [5.74, 6) is 0.253. The highest BCUT2D eigenvalue weighted by molar-refractivity contribution is 5.89. The summed E-state index contributed by atoms with van der Waals surface area (Å²) in [4.78, 5) is 12.5. The van der Waals surface area contributed by atoms with Crippen LogP contribution >= 0.6 is 0 Å². The van der Waals surface area contributed by atoms with E-state index in [2.05, 4.69) is 29.9 Å². The van der Waals surface area contributed by atoms with Crippen LogP contribution in [0.4, 0.5) is 0 Å². The molecule has 1 rings (SSSR count). The molecule has 1 unspecified atom stereocenters. The van der Waals surface area contributed by atoms with E-state index in [0.717, 1.165) is 6.42 Å². The van der Waals surface area contributed by atoms with Crippen molar-refractivity contribution in [1.82, 2.24) is 10.9 Å². The number of hydrazine groups is 1. The van der Waals surface area contributed by atoms with Gasteiger partial charge < -0.3 is 0 Å². The molecule has 100 valence electrons. The van der Waals surface area contributed by atoms with E-state index in [1.807, 2.05) is 32.0 Å². The molecule has 1 aromatic rings. The minimum Gasteiger partial charge on any atom is -0.297 e. The molecular weight excluding hydrogens is 224 g/mol. The van der Waals surface area contributed by atoms with Crippen LogP contribution in [0.3, 0.4) is 0 Å². The number of Topliss-reactive ketones (excluding diaryl/α,β-unsaturated/α-hetero) is 1. The van der Waals surface area contributed by atoms with E-state index in [-0.39, 0.29) is 17.2 Å². The molecule has 0 bridgehead atoms. The Morgan fingerprint density at radius 3 is 2.39 bits per heavy atom. The Hall–Kier alpha value is -1.19. The molecule has 3 heteroatoms. The van der Waals surface area contributed by atoms with Gasteiger partial charge in [0, 0.05) is 5.41 Å². The van der Waals surface area contributed by atoms with Crippen molar-refractivity contribution in [3.63, 3.8) is 0 Å². The van der Waals surface area contributed by atoms with Crippen LogP contribution in [0.25, 0.3) is 0 Å². The molecule has 0 fully saturated rings. The van der Waals surface area contributed by atoms with Crippen LogP contribution in [-0.2, 0) is 11.2 Å². The van der Waals surface area contributed by atoms with E-state index in [9.17, 15) is 4.79 Å². The maximum Gasteiger partial charge on any atom is 0.156 e. The fourth-order valence-corrected chi connectivity index (χ4v) is 1.88. The minimum absolute atomic E-state index is 0.188. The number of rotatable bonds is 7. The van der Waals surface area contributed by atoms with E-state index >= 15 is 0 Å². The zero-order valence-electron chi connectivity index (χ0n) is 11.8. The molecule has 2 N–H and O–H groups in total. The van der Waals surface area contributed by atoms with Gasteiger partial charge in [-0.25, -0.2) is 5.43 Å². The first-order valence-electron chi connectivity index (χ1n) is 6.51. The molecule has 0 heterocycles. The summed E-state index contributed by atoms with van der Waals surface area (Å²) in [5.41, 5.74) is 6.85. The highest BCUT2D eigenvalue weighted by atomic mass is 16.1. The Labute approximate surface area is 110 Å². The normalized spacial score (nSPS) is 13.3. The van der Waals surface area contributed by atoms with Crippen molar-refractivity contribution in [3.8, 4) is 0 Å². The highest BCUT2D eigenvalue weighted by Crippen LogP contribution is 2.23. The van der Waals surface area contributed by atoms with Crippen molar-refractivity contribution in [3.05, 3.63) is 35.9 Å². The van der Waals surface area contributed by atoms with Crippen LogP contribution < -0.4 is 10.9 Å². The fourth-order valence-electron chi connectivity index (χ4n) is 1.88. The largest absolute Gasteiger partial charge is 0.297 e. The summed E-state index contributed by atoms with van der Waals surface area (Å²) in [6.45, 7) is 6.06. The van der Waals surface area contributed by atoms with Gasteiger partial charge in [-0.2, -0.15) is 0 Å². The third-order valence-electron chi connectivity index (χ3n) is 3.47. The molecule has 0 amide bonds. The maximum atomic E-state index is 12.5. The smallest absolute Gasteiger partial charge is 0.156 e. The number of carbonyl (C=O) groups is 1. The van der Waals surface area contributed by atoms with E-state index in [0.29, 0.717) is 6.42 Å². The predicted molar refractivity (Wildman–Crippen MR) is 75.2 cm³/mol. The van der Waals surface area contributed by atoms with Crippen LogP contribution in [-0.4, -0.2) is 18.9 Å². The Balaban J connectivity index is 2.80. The number of hydrogen-bond donors (Lipinski definition) is 2. The van der Waals surface area contributed by atoms with Crippen molar-refractivity contribution in [1.29, 1.82) is 0 Å². The van der Waals surface area contributed by atoms with Crippen LogP contribution in [0.15, 0.2) is 30.3 Å². The average Bonchev–Trinajstić information content (AvgIpc) is 2.38. The van der Waals surface area contributed by atoms with Crippen molar-refractivity contribution >= 4 is 5.78 Å². The molecule has 18 heavy (non-hydrogen) atoms. The van der Waals surface area contributed by atoms with Gasteiger partial charge in [0.2, 0.25) is 0 Å². The molecule has 0 aliphatic heterocycles. The summed E-state index contributed by atoms with van der Waals surface area (Å²) in [5, 5.41) is 0. The molecule has 0 saturated carbocycles. The highest BCUT2D eigenvalue weighted by Gasteiger charge is 2.31. The van der Waals surface area contributed by atoms with Gasteiger partial charge >= 0.3 is 0 Å². The summed E-state index contributed by atoms with van der Waals surface area (Å²) in [7, 11) is 1.80. The molecule has 1 aromatic carbocycles. The molecule has 0 radical (unpaired) electrons. The number of hydrogen-bond acceptors (Lipinski definition) is 3. The minimum atomic E-state index is -0.288. The van der Waals surface area contributed by atoms with Crippen molar-refractivity contribution in [2.24, 2.45) is 5.41 Å².